The number of nitrogens with zero attached hydrogens (tertiary/aromatic N) is 3. The number of benzene rings is 1. The molecule has 0 radical (unpaired) electrons. The van der Waals surface area contributed by atoms with Crippen molar-refractivity contribution in [1.82, 2.24) is 10.1 Å². The molecular formula is C21H27N3O2. The minimum atomic E-state index is 0.0321. The van der Waals surface area contributed by atoms with Gasteiger partial charge in [0.05, 0.1) is 0 Å². The lowest BCUT2D eigenvalue weighted by atomic mass is 9.88. The van der Waals surface area contributed by atoms with Crippen LogP contribution in [0.25, 0.3) is 0 Å². The van der Waals surface area contributed by atoms with Gasteiger partial charge in [0.2, 0.25) is 0 Å². The predicted octanol–water partition coefficient (Wildman–Crippen LogP) is 3.38. The molecule has 4 rings (SSSR count). The Balaban J connectivity index is 1.46. The summed E-state index contributed by atoms with van der Waals surface area (Å²) in [6, 6.07) is 6.56. The van der Waals surface area contributed by atoms with Crippen LogP contribution in [0.4, 0.5) is 5.69 Å². The van der Waals surface area contributed by atoms with Crippen LogP contribution in [0.2, 0.25) is 0 Å². The zero-order valence-electron chi connectivity index (χ0n) is 15.9. The largest absolute Gasteiger partial charge is 0.368 e. The Bertz CT molecular complexity index is 819. The molecule has 0 N–H and O–H groups in total. The minimum Gasteiger partial charge on any atom is -0.368 e. The number of amides is 1. The van der Waals surface area contributed by atoms with Crippen LogP contribution in [-0.4, -0.2) is 42.1 Å². The van der Waals surface area contributed by atoms with E-state index in [0.717, 1.165) is 56.8 Å². The van der Waals surface area contributed by atoms with Crippen molar-refractivity contribution in [2.24, 2.45) is 5.92 Å². The molecule has 1 atom stereocenters. The molecule has 1 aromatic carbocycles. The summed E-state index contributed by atoms with van der Waals surface area (Å²) in [5.74, 6) is 1.54. The number of carbonyl (C=O) groups excluding carboxylic acids is 1. The molecule has 1 saturated heterocycles. The first-order valence-electron chi connectivity index (χ1n) is 9.62. The quantitative estimate of drug-likeness (QED) is 0.830. The van der Waals surface area contributed by atoms with Gasteiger partial charge < -0.3 is 14.3 Å². The topological polar surface area (TPSA) is 49.6 Å². The molecule has 2 heterocycles. The van der Waals surface area contributed by atoms with Gasteiger partial charge in [0.25, 0.3) is 5.91 Å². The van der Waals surface area contributed by atoms with Gasteiger partial charge in [-0.3, -0.25) is 4.79 Å². The summed E-state index contributed by atoms with van der Waals surface area (Å²) in [5, 5.41) is 4.13. The Kier molecular flexibility index (Phi) is 4.47. The van der Waals surface area contributed by atoms with Gasteiger partial charge in [0, 0.05) is 43.9 Å². The van der Waals surface area contributed by atoms with E-state index in [-0.39, 0.29) is 5.91 Å². The van der Waals surface area contributed by atoms with Gasteiger partial charge in [-0.2, -0.15) is 0 Å². The summed E-state index contributed by atoms with van der Waals surface area (Å²) >= 11 is 0. The fraction of sp³-hybridized carbons (Fsp3) is 0.524. The van der Waals surface area contributed by atoms with Crippen LogP contribution in [0.15, 0.2) is 22.7 Å². The molecule has 0 bridgehead atoms. The summed E-state index contributed by atoms with van der Waals surface area (Å²) < 4.78 is 5.46. The number of hydrogen-bond acceptors (Lipinski definition) is 4. The average molecular weight is 353 g/mol. The zero-order valence-corrected chi connectivity index (χ0v) is 15.9. The Morgan fingerprint density at radius 3 is 2.73 bits per heavy atom. The summed E-state index contributed by atoms with van der Waals surface area (Å²) in [6.45, 7) is 9.66. The molecule has 5 heteroatoms. The maximum absolute atomic E-state index is 13.0. The van der Waals surface area contributed by atoms with Crippen molar-refractivity contribution < 1.29 is 9.32 Å². The highest BCUT2D eigenvalue weighted by Crippen LogP contribution is 2.29. The smallest absolute Gasteiger partial charge is 0.276 e. The molecule has 0 spiro atoms. The third-order valence-electron chi connectivity index (χ3n) is 5.76. The first-order valence-corrected chi connectivity index (χ1v) is 9.62. The molecule has 2 aliphatic rings. The number of aryl methyl sites for hydroxylation is 3. The molecule has 1 fully saturated rings. The van der Waals surface area contributed by atoms with Crippen LogP contribution in [0.3, 0.4) is 0 Å². The number of aromatic nitrogens is 1. The fourth-order valence-corrected chi connectivity index (χ4v) is 4.11. The minimum absolute atomic E-state index is 0.0321. The van der Waals surface area contributed by atoms with Crippen molar-refractivity contribution in [3.63, 3.8) is 0 Å². The Labute approximate surface area is 155 Å². The second kappa shape index (κ2) is 6.78. The molecule has 1 aliphatic carbocycles. The maximum Gasteiger partial charge on any atom is 0.276 e. The van der Waals surface area contributed by atoms with E-state index in [1.165, 1.54) is 16.8 Å². The molecule has 0 saturated carbocycles. The molecule has 1 aliphatic heterocycles. The van der Waals surface area contributed by atoms with Crippen molar-refractivity contribution in [1.29, 1.82) is 0 Å². The number of piperazine rings is 1. The van der Waals surface area contributed by atoms with E-state index < -0.39 is 0 Å². The van der Waals surface area contributed by atoms with E-state index >= 15 is 0 Å². The van der Waals surface area contributed by atoms with Crippen LogP contribution in [0.1, 0.15) is 46.3 Å². The molecule has 26 heavy (non-hydrogen) atoms. The summed E-state index contributed by atoms with van der Waals surface area (Å²) in [6.07, 6.45) is 2.92. The summed E-state index contributed by atoms with van der Waals surface area (Å²) in [5.41, 5.74) is 5.43. The van der Waals surface area contributed by atoms with E-state index in [9.17, 15) is 4.79 Å². The van der Waals surface area contributed by atoms with Crippen LogP contribution < -0.4 is 4.90 Å². The van der Waals surface area contributed by atoms with E-state index in [1.54, 1.807) is 0 Å². The first kappa shape index (κ1) is 17.1. The number of fused-ring (bicyclic) bond motifs is 1. The van der Waals surface area contributed by atoms with Gasteiger partial charge in [-0.15, -0.1) is 0 Å². The van der Waals surface area contributed by atoms with Crippen LogP contribution in [-0.2, 0) is 12.8 Å². The van der Waals surface area contributed by atoms with Crippen LogP contribution in [0.5, 0.6) is 0 Å². The van der Waals surface area contributed by atoms with Crippen molar-refractivity contribution in [2.75, 3.05) is 31.1 Å². The van der Waals surface area contributed by atoms with Gasteiger partial charge in [-0.05, 0) is 49.8 Å². The Morgan fingerprint density at radius 2 is 1.96 bits per heavy atom. The number of carbonyl (C=O) groups is 1. The molecule has 1 unspecified atom stereocenters. The molecular weight excluding hydrogens is 326 g/mol. The number of anilines is 1. The van der Waals surface area contributed by atoms with E-state index in [1.807, 2.05) is 4.90 Å². The van der Waals surface area contributed by atoms with Gasteiger partial charge in [0.1, 0.15) is 5.76 Å². The van der Waals surface area contributed by atoms with Crippen LogP contribution >= 0.6 is 0 Å². The van der Waals surface area contributed by atoms with Crippen molar-refractivity contribution in [3.8, 4) is 0 Å². The SMILES string of the molecule is Cc1ccc(C)c(N2CCN(C(=O)c3noc4c3CC(C)CC4)CC2)c1. The lowest BCUT2D eigenvalue weighted by Crippen LogP contribution is -2.49. The second-order valence-electron chi connectivity index (χ2n) is 7.85. The Morgan fingerprint density at radius 1 is 1.19 bits per heavy atom. The summed E-state index contributed by atoms with van der Waals surface area (Å²) in [4.78, 5) is 17.3. The van der Waals surface area contributed by atoms with Gasteiger partial charge in [-0.1, -0.05) is 24.2 Å². The standard InChI is InChI=1S/C21H27N3O2/c1-14-5-7-19-17(12-14)20(22-26-19)21(25)24-10-8-23(9-11-24)18-13-15(2)4-6-16(18)3/h4,6,13-14H,5,7-12H2,1-3H3. The fourth-order valence-electron chi connectivity index (χ4n) is 4.11. The highest BCUT2D eigenvalue weighted by Gasteiger charge is 2.31. The van der Waals surface area contributed by atoms with Crippen LogP contribution in [0, 0.1) is 19.8 Å². The molecule has 1 amide bonds. The normalized spacial score (nSPS) is 20.2. The van der Waals surface area contributed by atoms with Gasteiger partial charge in [0.15, 0.2) is 5.69 Å². The monoisotopic (exact) mass is 353 g/mol. The zero-order chi connectivity index (χ0) is 18.3. The predicted molar refractivity (Wildman–Crippen MR) is 102 cm³/mol. The lowest BCUT2D eigenvalue weighted by Gasteiger charge is -2.36. The highest BCUT2D eigenvalue weighted by atomic mass is 16.5. The molecule has 138 valence electrons. The average Bonchev–Trinajstić information content (AvgIpc) is 3.06. The molecule has 5 nitrogen and oxygen atoms in total. The van der Waals surface area contributed by atoms with Crippen molar-refractivity contribution in [2.45, 2.75) is 40.0 Å². The number of hydrogen-bond donors (Lipinski definition) is 0. The lowest BCUT2D eigenvalue weighted by molar-refractivity contribution is 0.0735. The Hall–Kier alpha value is -2.30. The maximum atomic E-state index is 13.0. The highest BCUT2D eigenvalue weighted by molar-refractivity contribution is 5.94. The van der Waals surface area contributed by atoms with Gasteiger partial charge >= 0.3 is 0 Å². The molecule has 1 aromatic heterocycles. The van der Waals surface area contributed by atoms with Crippen molar-refractivity contribution >= 4 is 11.6 Å². The van der Waals surface area contributed by atoms with E-state index in [4.69, 9.17) is 4.52 Å². The second-order valence-corrected chi connectivity index (χ2v) is 7.85. The van der Waals surface area contributed by atoms with E-state index in [0.29, 0.717) is 11.6 Å². The van der Waals surface area contributed by atoms with Crippen molar-refractivity contribution in [3.05, 3.63) is 46.3 Å². The third-order valence-corrected chi connectivity index (χ3v) is 5.76. The first-order chi connectivity index (χ1) is 12.5. The number of rotatable bonds is 2. The molecule has 2 aromatic rings. The summed E-state index contributed by atoms with van der Waals surface area (Å²) in [7, 11) is 0. The van der Waals surface area contributed by atoms with E-state index in [2.05, 4.69) is 49.0 Å². The third kappa shape index (κ3) is 3.11. The van der Waals surface area contributed by atoms with Gasteiger partial charge in [-0.25, -0.2) is 0 Å².